The zero-order valence-electron chi connectivity index (χ0n) is 8.33. The minimum absolute atomic E-state index is 0.0358. The fourth-order valence-corrected chi connectivity index (χ4v) is 1.53. The first-order valence-electron chi connectivity index (χ1n) is 4.78. The number of nitrogens with one attached hydrogen (secondary N) is 1. The van der Waals surface area contributed by atoms with E-state index in [2.05, 4.69) is 5.32 Å². The summed E-state index contributed by atoms with van der Waals surface area (Å²) in [5, 5.41) is 13.4. The molecule has 0 radical (unpaired) electrons. The molecule has 1 fully saturated rings. The number of carbonyl (C=O) groups is 1. The Morgan fingerprint density at radius 1 is 1.44 bits per heavy atom. The van der Waals surface area contributed by atoms with E-state index in [0.717, 1.165) is 11.8 Å². The van der Waals surface area contributed by atoms with Gasteiger partial charge in [-0.3, -0.25) is 15.4 Å². The van der Waals surface area contributed by atoms with Crippen molar-refractivity contribution in [1.82, 2.24) is 5.32 Å². The number of ether oxygens (including phenoxy) is 1. The highest BCUT2D eigenvalue weighted by molar-refractivity contribution is 5.58. The van der Waals surface area contributed by atoms with Gasteiger partial charge in [-0.15, -0.1) is 0 Å². The van der Waals surface area contributed by atoms with Crippen molar-refractivity contribution in [2.75, 3.05) is 6.61 Å². The van der Waals surface area contributed by atoms with Crippen molar-refractivity contribution in [3.8, 4) is 0 Å². The number of benzene rings is 1. The van der Waals surface area contributed by atoms with Crippen LogP contribution in [0, 0.1) is 10.1 Å². The molecule has 2 unspecified atom stereocenters. The molecular weight excluding hydrogens is 212 g/mol. The van der Waals surface area contributed by atoms with Crippen LogP contribution in [0.15, 0.2) is 24.3 Å². The number of hydrogen-bond donors (Lipinski definition) is 1. The number of hydrogen-bond acceptors (Lipinski definition) is 5. The third kappa shape index (κ3) is 2.07. The minimum atomic E-state index is -0.457. The van der Waals surface area contributed by atoms with Gasteiger partial charge in [0.05, 0.1) is 17.6 Å². The van der Waals surface area contributed by atoms with Crippen molar-refractivity contribution in [3.05, 3.63) is 39.9 Å². The van der Waals surface area contributed by atoms with Gasteiger partial charge in [0, 0.05) is 12.1 Å². The molecule has 1 N–H and O–H groups in total. The Balaban J connectivity index is 2.10. The van der Waals surface area contributed by atoms with E-state index in [1.807, 2.05) is 0 Å². The van der Waals surface area contributed by atoms with Crippen molar-refractivity contribution in [1.29, 1.82) is 0 Å². The average molecular weight is 222 g/mol. The van der Waals surface area contributed by atoms with E-state index in [1.165, 1.54) is 12.1 Å². The largest absolute Gasteiger partial charge is 0.357 e. The van der Waals surface area contributed by atoms with Gasteiger partial charge < -0.3 is 9.53 Å². The Morgan fingerprint density at radius 3 is 2.62 bits per heavy atom. The first-order chi connectivity index (χ1) is 7.70. The van der Waals surface area contributed by atoms with Gasteiger partial charge in [0.1, 0.15) is 12.5 Å². The molecule has 0 saturated carbocycles. The number of nitro benzene ring substituents is 1. The van der Waals surface area contributed by atoms with Crippen LogP contribution in [0.5, 0.6) is 0 Å². The first kappa shape index (κ1) is 10.7. The van der Waals surface area contributed by atoms with Crippen molar-refractivity contribution in [2.24, 2.45) is 0 Å². The molecule has 6 heteroatoms. The Hall–Kier alpha value is -1.79. The summed E-state index contributed by atoms with van der Waals surface area (Å²) in [5.41, 5.74) is 0.809. The lowest BCUT2D eigenvalue weighted by Gasteiger charge is -2.09. The molecular formula is C10H10N2O4. The Kier molecular flexibility index (Phi) is 2.93. The van der Waals surface area contributed by atoms with Gasteiger partial charge in [-0.05, 0) is 17.7 Å². The van der Waals surface area contributed by atoms with Gasteiger partial charge in [-0.2, -0.15) is 0 Å². The lowest BCUT2D eigenvalue weighted by Crippen LogP contribution is -2.26. The van der Waals surface area contributed by atoms with E-state index < -0.39 is 4.92 Å². The van der Waals surface area contributed by atoms with Crippen molar-refractivity contribution in [2.45, 2.75) is 12.3 Å². The molecule has 1 aliphatic heterocycles. The number of rotatable bonds is 3. The highest BCUT2D eigenvalue weighted by Crippen LogP contribution is 2.22. The molecule has 1 saturated heterocycles. The second-order valence-electron chi connectivity index (χ2n) is 3.47. The number of nitrogens with zero attached hydrogens (tertiary/aromatic N) is 1. The van der Waals surface area contributed by atoms with Crippen LogP contribution in [0.1, 0.15) is 11.8 Å². The molecule has 16 heavy (non-hydrogen) atoms. The third-order valence-electron chi connectivity index (χ3n) is 2.38. The second kappa shape index (κ2) is 4.38. The van der Waals surface area contributed by atoms with Crippen LogP contribution in [-0.2, 0) is 9.53 Å². The topological polar surface area (TPSA) is 81.5 Å². The molecule has 0 bridgehead atoms. The van der Waals surface area contributed by atoms with Gasteiger partial charge >= 0.3 is 0 Å². The summed E-state index contributed by atoms with van der Waals surface area (Å²) in [6.07, 6.45) is 0.418. The van der Waals surface area contributed by atoms with Gasteiger partial charge in [0.25, 0.3) is 5.69 Å². The van der Waals surface area contributed by atoms with Gasteiger partial charge in [-0.25, -0.2) is 0 Å². The van der Waals surface area contributed by atoms with E-state index in [9.17, 15) is 14.9 Å². The van der Waals surface area contributed by atoms with Crippen LogP contribution in [0.3, 0.4) is 0 Å². The zero-order chi connectivity index (χ0) is 11.5. The average Bonchev–Trinajstić information content (AvgIpc) is 2.77. The number of carbonyl (C=O) groups excluding carboxylic acids is 1. The van der Waals surface area contributed by atoms with Crippen molar-refractivity contribution in [3.63, 3.8) is 0 Å². The van der Waals surface area contributed by atoms with Gasteiger partial charge in [0.15, 0.2) is 0 Å². The second-order valence-corrected chi connectivity index (χ2v) is 3.47. The first-order valence-corrected chi connectivity index (χ1v) is 4.78. The van der Waals surface area contributed by atoms with E-state index >= 15 is 0 Å². The maximum atomic E-state index is 10.5. The molecule has 6 nitrogen and oxygen atoms in total. The van der Waals surface area contributed by atoms with Crippen LogP contribution >= 0.6 is 0 Å². The molecule has 2 atom stereocenters. The molecule has 1 aromatic carbocycles. The molecule has 84 valence electrons. The quantitative estimate of drug-likeness (QED) is 0.464. The van der Waals surface area contributed by atoms with Crippen molar-refractivity contribution < 1.29 is 14.5 Å². The van der Waals surface area contributed by atoms with Gasteiger partial charge in [-0.1, -0.05) is 0 Å². The van der Waals surface area contributed by atoms with Crippen LogP contribution in [0.25, 0.3) is 0 Å². The summed E-state index contributed by atoms with van der Waals surface area (Å²) >= 11 is 0. The number of aldehydes is 1. The normalized spacial score (nSPS) is 24.2. The van der Waals surface area contributed by atoms with E-state index in [4.69, 9.17) is 4.74 Å². The summed E-state index contributed by atoms with van der Waals surface area (Å²) < 4.78 is 5.33. The van der Waals surface area contributed by atoms with Crippen LogP contribution in [-0.4, -0.2) is 23.9 Å². The fraction of sp³-hybridized carbons (Fsp3) is 0.300. The van der Waals surface area contributed by atoms with Gasteiger partial charge in [0.2, 0.25) is 0 Å². The molecule has 0 spiro atoms. The smallest absolute Gasteiger partial charge is 0.269 e. The molecule has 1 aromatic rings. The molecule has 0 aromatic heterocycles. The summed E-state index contributed by atoms with van der Waals surface area (Å²) in [6, 6.07) is 5.75. The predicted molar refractivity (Wildman–Crippen MR) is 54.8 cm³/mol. The highest BCUT2D eigenvalue weighted by atomic mass is 16.6. The zero-order valence-corrected chi connectivity index (χ0v) is 8.33. The van der Waals surface area contributed by atoms with Crippen molar-refractivity contribution >= 4 is 12.0 Å². The monoisotopic (exact) mass is 222 g/mol. The Morgan fingerprint density at radius 2 is 2.12 bits per heavy atom. The summed E-state index contributed by atoms with van der Waals surface area (Å²) in [5.74, 6) is 0. The maximum Gasteiger partial charge on any atom is 0.269 e. The van der Waals surface area contributed by atoms with E-state index in [0.29, 0.717) is 6.61 Å². The Bertz CT molecular complexity index is 404. The lowest BCUT2D eigenvalue weighted by atomic mass is 10.2. The van der Waals surface area contributed by atoms with Crippen LogP contribution in [0.2, 0.25) is 0 Å². The summed E-state index contributed by atoms with van der Waals surface area (Å²) in [7, 11) is 0. The number of non-ortho nitro benzene ring substituents is 1. The number of nitro groups is 1. The summed E-state index contributed by atoms with van der Waals surface area (Å²) in [6.45, 7) is 0.325. The molecule has 1 aliphatic rings. The molecule has 0 aliphatic carbocycles. The highest BCUT2D eigenvalue weighted by Gasteiger charge is 2.25. The SMILES string of the molecule is O=CC1COC(c2ccc([N+](=O)[O-])cc2)N1. The van der Waals surface area contributed by atoms with Crippen LogP contribution in [0.4, 0.5) is 5.69 Å². The minimum Gasteiger partial charge on any atom is -0.357 e. The van der Waals surface area contributed by atoms with E-state index in [-0.39, 0.29) is 18.0 Å². The molecule has 1 heterocycles. The van der Waals surface area contributed by atoms with E-state index in [1.54, 1.807) is 12.1 Å². The standard InChI is InChI=1S/C10H10N2O4/c13-5-8-6-16-10(11-8)7-1-3-9(4-2-7)12(14)15/h1-5,8,10-11H,6H2. The lowest BCUT2D eigenvalue weighted by molar-refractivity contribution is -0.384. The molecule has 0 amide bonds. The van der Waals surface area contributed by atoms with Crippen LogP contribution < -0.4 is 5.32 Å². The fourth-order valence-electron chi connectivity index (χ4n) is 1.53. The third-order valence-corrected chi connectivity index (χ3v) is 2.38. The molecule has 2 rings (SSSR count). The Labute approximate surface area is 91.4 Å². The maximum absolute atomic E-state index is 10.5. The summed E-state index contributed by atoms with van der Waals surface area (Å²) in [4.78, 5) is 20.5. The predicted octanol–water partition coefficient (Wildman–Crippen LogP) is 0.781.